The summed E-state index contributed by atoms with van der Waals surface area (Å²) in [5.41, 5.74) is 0. The lowest BCUT2D eigenvalue weighted by Crippen LogP contribution is -2.41. The number of morpholine rings is 1. The highest BCUT2D eigenvalue weighted by molar-refractivity contribution is 5.78. The van der Waals surface area contributed by atoms with Gasteiger partial charge in [0.25, 0.3) is 0 Å². The number of ketones is 1. The van der Waals surface area contributed by atoms with Crippen molar-refractivity contribution in [2.75, 3.05) is 26.3 Å². The Labute approximate surface area is 84.2 Å². The molecule has 4 heteroatoms. The number of carbonyl (C=O) groups excluding carboxylic acids is 2. The molecule has 1 aliphatic rings. The lowest BCUT2D eigenvalue weighted by molar-refractivity contribution is -0.142. The van der Waals surface area contributed by atoms with E-state index < -0.39 is 0 Å². The summed E-state index contributed by atoms with van der Waals surface area (Å²) in [7, 11) is 0. The van der Waals surface area contributed by atoms with Crippen LogP contribution in [0.1, 0.15) is 26.2 Å². The second-order valence-electron chi connectivity index (χ2n) is 3.59. The van der Waals surface area contributed by atoms with E-state index in [1.54, 1.807) is 6.92 Å². The second-order valence-corrected chi connectivity index (χ2v) is 3.59. The molecule has 0 aliphatic carbocycles. The number of ether oxygens (including phenoxy) is 1. The summed E-state index contributed by atoms with van der Waals surface area (Å²) in [5, 5.41) is 0. The molecule has 80 valence electrons. The van der Waals surface area contributed by atoms with Gasteiger partial charge >= 0.3 is 0 Å². The first-order valence-electron chi connectivity index (χ1n) is 5.05. The van der Waals surface area contributed by atoms with Gasteiger partial charge in [0.1, 0.15) is 12.4 Å². The maximum Gasteiger partial charge on any atom is 0.248 e. The summed E-state index contributed by atoms with van der Waals surface area (Å²) in [5.74, 6) is 0.289. The molecule has 0 aromatic carbocycles. The third-order valence-corrected chi connectivity index (χ3v) is 2.29. The predicted molar refractivity (Wildman–Crippen MR) is 51.9 cm³/mol. The van der Waals surface area contributed by atoms with Gasteiger partial charge in [0.2, 0.25) is 5.91 Å². The van der Waals surface area contributed by atoms with E-state index in [0.29, 0.717) is 19.6 Å². The van der Waals surface area contributed by atoms with Crippen molar-refractivity contribution >= 4 is 11.7 Å². The summed E-state index contributed by atoms with van der Waals surface area (Å²) in [6.45, 7) is 3.90. The normalized spacial score (nSPS) is 17.2. The van der Waals surface area contributed by atoms with Gasteiger partial charge in [0, 0.05) is 19.5 Å². The highest BCUT2D eigenvalue weighted by atomic mass is 16.5. The summed E-state index contributed by atoms with van der Waals surface area (Å²) >= 11 is 0. The van der Waals surface area contributed by atoms with E-state index in [2.05, 4.69) is 0 Å². The van der Waals surface area contributed by atoms with Crippen molar-refractivity contribution in [1.29, 1.82) is 0 Å². The standard InChI is InChI=1S/C10H17NO3/c1-9(12)4-2-3-5-11-6-7-14-8-10(11)13/h2-8H2,1H3. The summed E-state index contributed by atoms with van der Waals surface area (Å²) in [6.07, 6.45) is 2.41. The average Bonchev–Trinajstić information content (AvgIpc) is 2.15. The number of carbonyl (C=O) groups is 2. The number of Topliss-reactive ketones (excluding diaryl/α,β-unsaturated/α-hetero) is 1. The van der Waals surface area contributed by atoms with Crippen LogP contribution in [0.2, 0.25) is 0 Å². The Hall–Kier alpha value is -0.900. The number of unbranched alkanes of at least 4 members (excludes halogenated alkanes) is 1. The molecule has 0 N–H and O–H groups in total. The van der Waals surface area contributed by atoms with Crippen LogP contribution in [-0.2, 0) is 14.3 Å². The van der Waals surface area contributed by atoms with Crippen LogP contribution in [-0.4, -0.2) is 42.9 Å². The van der Waals surface area contributed by atoms with Crippen LogP contribution in [0.3, 0.4) is 0 Å². The fourth-order valence-electron chi connectivity index (χ4n) is 1.46. The Bertz CT molecular complexity index is 215. The minimum atomic E-state index is 0.0686. The van der Waals surface area contributed by atoms with Crippen LogP contribution in [0.5, 0.6) is 0 Å². The van der Waals surface area contributed by atoms with Crippen LogP contribution in [0.4, 0.5) is 0 Å². The molecule has 0 aromatic rings. The number of amides is 1. The lowest BCUT2D eigenvalue weighted by Gasteiger charge is -2.26. The molecule has 1 saturated heterocycles. The molecule has 14 heavy (non-hydrogen) atoms. The molecule has 1 fully saturated rings. The summed E-state index contributed by atoms with van der Waals surface area (Å²) < 4.78 is 5.01. The molecule has 1 amide bonds. The summed E-state index contributed by atoms with van der Waals surface area (Å²) in [4.78, 5) is 23.7. The van der Waals surface area contributed by atoms with Gasteiger partial charge < -0.3 is 14.4 Å². The van der Waals surface area contributed by atoms with E-state index in [9.17, 15) is 9.59 Å². The van der Waals surface area contributed by atoms with E-state index >= 15 is 0 Å². The van der Waals surface area contributed by atoms with Gasteiger partial charge in [-0.3, -0.25) is 4.79 Å². The molecular weight excluding hydrogens is 182 g/mol. The first-order valence-corrected chi connectivity index (χ1v) is 5.05. The van der Waals surface area contributed by atoms with Crippen molar-refractivity contribution in [3.63, 3.8) is 0 Å². The molecule has 1 heterocycles. The molecule has 0 aromatic heterocycles. The predicted octanol–water partition coefficient (Wildman–Crippen LogP) is 0.605. The van der Waals surface area contributed by atoms with Crippen molar-refractivity contribution in [3.8, 4) is 0 Å². The van der Waals surface area contributed by atoms with Gasteiger partial charge in [0.05, 0.1) is 6.61 Å². The van der Waals surface area contributed by atoms with Crippen molar-refractivity contribution in [1.82, 2.24) is 4.90 Å². The lowest BCUT2D eigenvalue weighted by atomic mass is 10.2. The minimum absolute atomic E-state index is 0.0686. The molecule has 0 atom stereocenters. The molecule has 0 saturated carbocycles. The van der Waals surface area contributed by atoms with Gasteiger partial charge in [-0.15, -0.1) is 0 Å². The third kappa shape index (κ3) is 3.87. The van der Waals surface area contributed by atoms with E-state index in [4.69, 9.17) is 4.74 Å². The zero-order valence-corrected chi connectivity index (χ0v) is 8.62. The van der Waals surface area contributed by atoms with Crippen molar-refractivity contribution < 1.29 is 14.3 Å². The highest BCUT2D eigenvalue weighted by Gasteiger charge is 2.17. The van der Waals surface area contributed by atoms with Gasteiger partial charge in [-0.05, 0) is 19.8 Å². The van der Waals surface area contributed by atoms with E-state index in [1.807, 2.05) is 4.90 Å². The van der Waals surface area contributed by atoms with E-state index in [0.717, 1.165) is 19.4 Å². The van der Waals surface area contributed by atoms with Crippen LogP contribution in [0.15, 0.2) is 0 Å². The Morgan fingerprint density at radius 1 is 1.50 bits per heavy atom. The topological polar surface area (TPSA) is 46.6 Å². The third-order valence-electron chi connectivity index (χ3n) is 2.29. The zero-order valence-electron chi connectivity index (χ0n) is 8.62. The number of nitrogens with zero attached hydrogens (tertiary/aromatic N) is 1. The average molecular weight is 199 g/mol. The van der Waals surface area contributed by atoms with Crippen LogP contribution < -0.4 is 0 Å². The molecule has 1 rings (SSSR count). The Morgan fingerprint density at radius 2 is 2.29 bits per heavy atom. The number of rotatable bonds is 5. The van der Waals surface area contributed by atoms with Crippen molar-refractivity contribution in [2.24, 2.45) is 0 Å². The smallest absolute Gasteiger partial charge is 0.248 e. The molecule has 1 aliphatic heterocycles. The molecule has 0 bridgehead atoms. The first kappa shape index (κ1) is 11.2. The largest absolute Gasteiger partial charge is 0.370 e. The maximum atomic E-state index is 11.3. The van der Waals surface area contributed by atoms with Gasteiger partial charge in [-0.2, -0.15) is 0 Å². The second kappa shape index (κ2) is 5.75. The molecule has 0 unspecified atom stereocenters. The van der Waals surface area contributed by atoms with Gasteiger partial charge in [-0.1, -0.05) is 0 Å². The number of hydrogen-bond acceptors (Lipinski definition) is 3. The van der Waals surface area contributed by atoms with Crippen LogP contribution in [0, 0.1) is 0 Å². The van der Waals surface area contributed by atoms with Crippen LogP contribution in [0.25, 0.3) is 0 Å². The molecule has 0 radical (unpaired) electrons. The van der Waals surface area contributed by atoms with E-state index in [-0.39, 0.29) is 18.3 Å². The fraction of sp³-hybridized carbons (Fsp3) is 0.800. The van der Waals surface area contributed by atoms with Crippen molar-refractivity contribution in [2.45, 2.75) is 26.2 Å². The zero-order chi connectivity index (χ0) is 10.4. The van der Waals surface area contributed by atoms with Gasteiger partial charge in [0.15, 0.2) is 0 Å². The molecule has 4 nitrogen and oxygen atoms in total. The maximum absolute atomic E-state index is 11.3. The van der Waals surface area contributed by atoms with Gasteiger partial charge in [-0.25, -0.2) is 0 Å². The minimum Gasteiger partial charge on any atom is -0.370 e. The first-order chi connectivity index (χ1) is 6.70. The molecular formula is C10H17NO3. The summed E-state index contributed by atoms with van der Waals surface area (Å²) in [6, 6.07) is 0. The van der Waals surface area contributed by atoms with Crippen LogP contribution >= 0.6 is 0 Å². The molecule has 0 spiro atoms. The Kier molecular flexibility index (Phi) is 4.59. The fourth-order valence-corrected chi connectivity index (χ4v) is 1.46. The van der Waals surface area contributed by atoms with Crippen molar-refractivity contribution in [3.05, 3.63) is 0 Å². The monoisotopic (exact) mass is 199 g/mol. The Balaban J connectivity index is 2.10. The Morgan fingerprint density at radius 3 is 2.93 bits per heavy atom. The highest BCUT2D eigenvalue weighted by Crippen LogP contribution is 2.03. The SMILES string of the molecule is CC(=O)CCCCN1CCOCC1=O. The van der Waals surface area contributed by atoms with E-state index in [1.165, 1.54) is 0 Å². The quantitative estimate of drug-likeness (QED) is 0.609. The number of hydrogen-bond donors (Lipinski definition) is 0.